The van der Waals surface area contributed by atoms with E-state index in [-0.39, 0.29) is 7.43 Å². The number of hydrogen-bond donors (Lipinski definition) is 1. The van der Waals surface area contributed by atoms with Crippen LogP contribution in [0.5, 0.6) is 0 Å². The average molecular weight is 409 g/mol. The fourth-order valence-electron chi connectivity index (χ4n) is 0.670. The molecule has 12 heavy (non-hydrogen) atoms. The topological polar surface area (TPSA) is 26.0 Å². The summed E-state index contributed by atoms with van der Waals surface area (Å²) in [6, 6.07) is 7.80. The van der Waals surface area contributed by atoms with E-state index in [1.165, 1.54) is 5.56 Å². The van der Waals surface area contributed by atoms with Crippen molar-refractivity contribution in [1.29, 1.82) is 0 Å². The van der Waals surface area contributed by atoms with Crippen molar-refractivity contribution in [2.24, 2.45) is 0 Å². The smallest absolute Gasteiger partial charge is 0.0316 e. The third-order valence-electron chi connectivity index (χ3n) is 1.04. The van der Waals surface area contributed by atoms with Gasteiger partial charge >= 0.3 is 0 Å². The molecule has 0 spiro atoms. The minimum Gasteiger partial charge on any atom is -0.399 e. The second kappa shape index (κ2) is 9.02. The van der Waals surface area contributed by atoms with Crippen molar-refractivity contribution in [3.05, 3.63) is 37.3 Å². The summed E-state index contributed by atoms with van der Waals surface area (Å²) in [6.45, 7) is 6.02. The maximum Gasteiger partial charge on any atom is 0.0316 e. The molecule has 1 aromatic rings. The molecule has 0 aromatic heterocycles. The van der Waals surface area contributed by atoms with Crippen LogP contribution in [-0.4, -0.2) is 0 Å². The molecule has 0 fully saturated rings. The molecule has 0 heterocycles. The van der Waals surface area contributed by atoms with Crippen LogP contribution in [0.1, 0.15) is 19.4 Å². The summed E-state index contributed by atoms with van der Waals surface area (Å²) in [5, 5.41) is 0. The first-order chi connectivity index (χ1) is 4.79. The number of benzene rings is 1. The van der Waals surface area contributed by atoms with Crippen molar-refractivity contribution in [3.63, 3.8) is 0 Å². The number of hydrogen-bond acceptors (Lipinski definition) is 1. The fraction of sp³-hybridized carbons (Fsp3) is 0.300. The number of anilines is 1. The maximum absolute atomic E-state index is 5.46. The van der Waals surface area contributed by atoms with E-state index in [9.17, 15) is 0 Å². The summed E-state index contributed by atoms with van der Waals surface area (Å²) in [5.41, 5.74) is 7.51. The molecule has 0 radical (unpaired) electrons. The first-order valence-electron chi connectivity index (χ1n) is 3.61. The van der Waals surface area contributed by atoms with Crippen LogP contribution < -0.4 is 5.73 Å². The van der Waals surface area contributed by atoms with Gasteiger partial charge in [-0.2, -0.15) is 0 Å². The Morgan fingerprint density at radius 2 is 1.67 bits per heavy atom. The quantitative estimate of drug-likeness (QED) is 0.518. The molecule has 0 bridgehead atoms. The molecule has 0 aliphatic rings. The van der Waals surface area contributed by atoms with Gasteiger partial charge in [0, 0.05) is 5.69 Å². The largest absolute Gasteiger partial charge is 0.399 e. The zero-order valence-corrected chi connectivity index (χ0v) is 10.6. The summed E-state index contributed by atoms with van der Waals surface area (Å²) >= 11 is 0. The van der Waals surface area contributed by atoms with Crippen molar-refractivity contribution in [2.75, 3.05) is 5.73 Å². The van der Waals surface area contributed by atoms with Gasteiger partial charge in [0.2, 0.25) is 0 Å². The van der Waals surface area contributed by atoms with Crippen molar-refractivity contribution >= 4 is 5.69 Å². The molecule has 1 rings (SSSR count). The average Bonchev–Trinajstić information content (AvgIpc) is 1.91. The molecule has 0 aliphatic carbocycles. The van der Waals surface area contributed by atoms with Gasteiger partial charge in [0.15, 0.2) is 0 Å². The van der Waals surface area contributed by atoms with Gasteiger partial charge in [-0.1, -0.05) is 26.0 Å². The minimum absolute atomic E-state index is 0. The molecule has 1 nitrogen and oxygen atoms in total. The zero-order chi connectivity index (χ0) is 7.98. The Morgan fingerprint density at radius 1 is 1.17 bits per heavy atom. The molecule has 0 atom stereocenters. The van der Waals surface area contributed by atoms with Gasteiger partial charge in [-0.25, -0.2) is 0 Å². The van der Waals surface area contributed by atoms with Crippen LogP contribution in [-0.2, 0) is 0 Å². The van der Waals surface area contributed by atoms with Crippen molar-refractivity contribution < 1.29 is 0 Å². The Hall–Kier alpha value is -1.98. The van der Waals surface area contributed by atoms with E-state index in [0.717, 1.165) is 5.69 Å². The van der Waals surface area contributed by atoms with Gasteiger partial charge in [-0.15, -0.1) is 0 Å². The minimum atomic E-state index is 0. The first-order valence-corrected chi connectivity index (χ1v) is 3.61. The molecular formula is C10H18FmN-. The number of rotatable bonds is 0. The first kappa shape index (κ1) is 16.5. The summed E-state index contributed by atoms with van der Waals surface area (Å²) in [7, 11) is 0. The molecule has 1 aromatic carbocycles. The van der Waals surface area contributed by atoms with Gasteiger partial charge in [-0.05, 0) is 24.6 Å². The number of aryl methyl sites for hydroxylation is 1. The molecule has 76 valence electrons. The molecule has 0 amide bonds. The van der Waals surface area contributed by atoms with Crippen LogP contribution in [0.15, 0.2) is 24.3 Å². The van der Waals surface area contributed by atoms with Gasteiger partial charge in [-0.3, -0.25) is 0 Å². The van der Waals surface area contributed by atoms with E-state index in [1.54, 1.807) is 0 Å². The van der Waals surface area contributed by atoms with Gasteiger partial charge in [0.1, 0.15) is 0 Å². The van der Waals surface area contributed by atoms with E-state index in [4.69, 9.17) is 5.73 Å². The summed E-state index contributed by atoms with van der Waals surface area (Å²) < 4.78 is 0. The molecular weight excluding hydrogens is 391 g/mol. The molecule has 2 N–H and O–H groups in total. The SMILES string of the molecule is CC.Cc1cccc(N)c1.[CH3-].[Fm]. The third kappa shape index (κ3) is 6.14. The van der Waals surface area contributed by atoms with Crippen LogP contribution in [0.4, 0.5) is 5.69 Å². The van der Waals surface area contributed by atoms with Crippen LogP contribution in [0.2, 0.25) is 0 Å². The predicted molar refractivity (Wildman–Crippen MR) is 53.4 cm³/mol. The molecule has 0 saturated heterocycles. The molecule has 0 saturated carbocycles. The Morgan fingerprint density at radius 3 is 1.92 bits per heavy atom. The second-order valence-electron chi connectivity index (χ2n) is 1.91. The Kier molecular flexibility index (Phi) is 12.4. The standard InChI is InChI=1S/C7H9N.C2H6.CH3.Fm/c1-6-3-2-4-7(8)5-6;1-2;;/h2-5H,8H2,1H3;1-2H3;1H3;/q;;-1;. The Bertz CT molecular complexity index is 170. The zero-order valence-electron chi connectivity index (χ0n) is 8.18. The summed E-state index contributed by atoms with van der Waals surface area (Å²) in [4.78, 5) is 0. The molecule has 0 unspecified atom stereocenters. The van der Waals surface area contributed by atoms with Crippen molar-refractivity contribution in [1.82, 2.24) is 0 Å². The van der Waals surface area contributed by atoms with Crippen molar-refractivity contribution in [3.8, 4) is 0 Å². The van der Waals surface area contributed by atoms with E-state index < -0.39 is 0 Å². The van der Waals surface area contributed by atoms with Crippen LogP contribution in [0.25, 0.3) is 0 Å². The summed E-state index contributed by atoms with van der Waals surface area (Å²) in [5.74, 6) is 0. The second-order valence-corrected chi connectivity index (χ2v) is 1.91. The maximum atomic E-state index is 5.46. The van der Waals surface area contributed by atoms with E-state index in [0.29, 0.717) is 0 Å². The number of nitrogen functional groups attached to an aromatic ring is 1. The van der Waals surface area contributed by atoms with Crippen LogP contribution in [0.3, 0.4) is 0 Å². The number of nitrogens with two attached hydrogens (primary N) is 1. The Balaban J connectivity index is -0.000000189. The van der Waals surface area contributed by atoms with Crippen LogP contribution in [0, 0.1) is 14.4 Å². The van der Waals surface area contributed by atoms with Gasteiger partial charge in [0.05, 0.1) is 0 Å². The van der Waals surface area contributed by atoms with Crippen molar-refractivity contribution in [2.45, 2.75) is 20.8 Å². The monoisotopic (exact) mass is 409 g/mol. The molecule has 2 heteroatoms. The fourth-order valence-corrected chi connectivity index (χ4v) is 0.670. The van der Waals surface area contributed by atoms with Crippen LogP contribution >= 0.6 is 0 Å². The predicted octanol–water partition coefficient (Wildman–Crippen LogP) is 3.05. The van der Waals surface area contributed by atoms with E-state index in [2.05, 4.69) is 0 Å². The normalized spacial score (nSPS) is 6.58. The molecule has 0 aliphatic heterocycles. The van der Waals surface area contributed by atoms with E-state index in [1.807, 2.05) is 45.0 Å². The van der Waals surface area contributed by atoms with E-state index >= 15 is 0 Å². The Labute approximate surface area is 70.2 Å². The third-order valence-corrected chi connectivity index (χ3v) is 1.04. The van der Waals surface area contributed by atoms with Gasteiger partial charge < -0.3 is 13.2 Å². The van der Waals surface area contributed by atoms with Gasteiger partial charge in [0.25, 0.3) is 0 Å². The summed E-state index contributed by atoms with van der Waals surface area (Å²) in [6.07, 6.45) is 0.